The van der Waals surface area contributed by atoms with Gasteiger partial charge in [0.15, 0.2) is 0 Å². The van der Waals surface area contributed by atoms with Crippen LogP contribution in [0.2, 0.25) is 0 Å². The number of rotatable bonds is 2. The summed E-state index contributed by atoms with van der Waals surface area (Å²) in [4.78, 5) is 12.5. The Labute approximate surface area is 164 Å². The van der Waals surface area contributed by atoms with E-state index in [9.17, 15) is 4.79 Å². The quantitative estimate of drug-likeness (QED) is 0.832. The van der Waals surface area contributed by atoms with Crippen LogP contribution < -0.4 is 5.32 Å². The van der Waals surface area contributed by atoms with Crippen LogP contribution in [0.25, 0.3) is 0 Å². The lowest BCUT2D eigenvalue weighted by Gasteiger charge is -2.36. The molecule has 1 amide bonds. The number of fused-ring (bicyclic) bond motifs is 1. The van der Waals surface area contributed by atoms with E-state index in [2.05, 4.69) is 62.0 Å². The van der Waals surface area contributed by atoms with Crippen LogP contribution in [0.1, 0.15) is 60.4 Å². The molecule has 0 saturated carbocycles. The van der Waals surface area contributed by atoms with Gasteiger partial charge in [0, 0.05) is 12.2 Å². The summed E-state index contributed by atoms with van der Waals surface area (Å²) in [6.07, 6.45) is 1.80. The van der Waals surface area contributed by atoms with Crippen molar-refractivity contribution >= 4 is 23.5 Å². The fraction of sp³-hybridized carbons (Fsp3) is 0.524. The van der Waals surface area contributed by atoms with Gasteiger partial charge in [0.25, 0.3) is 0 Å². The Balaban J connectivity index is 1.78. The van der Waals surface area contributed by atoms with E-state index in [0.717, 1.165) is 36.5 Å². The summed E-state index contributed by atoms with van der Waals surface area (Å²) in [5, 5.41) is 8.14. The van der Waals surface area contributed by atoms with Gasteiger partial charge in [-0.15, -0.1) is 11.8 Å². The molecule has 2 aromatic rings. The monoisotopic (exact) mass is 385 g/mol. The molecular weight excluding hydrogens is 358 g/mol. The minimum Gasteiger partial charge on any atom is -0.375 e. The van der Waals surface area contributed by atoms with E-state index in [0.29, 0.717) is 5.75 Å². The fourth-order valence-corrected chi connectivity index (χ4v) is 5.27. The van der Waals surface area contributed by atoms with Gasteiger partial charge < -0.3 is 10.1 Å². The summed E-state index contributed by atoms with van der Waals surface area (Å²) >= 11 is 1.68. The summed E-state index contributed by atoms with van der Waals surface area (Å²) < 4.78 is 7.94. The summed E-state index contributed by atoms with van der Waals surface area (Å²) in [5.74, 6) is 1.37. The maximum Gasteiger partial charge on any atom is 0.235 e. The molecule has 5 nitrogen and oxygen atoms in total. The number of carbonyl (C=O) groups is 1. The van der Waals surface area contributed by atoms with E-state index in [-0.39, 0.29) is 22.8 Å². The number of thioether (sulfide) groups is 1. The molecule has 2 aliphatic heterocycles. The van der Waals surface area contributed by atoms with E-state index in [1.165, 1.54) is 11.1 Å². The van der Waals surface area contributed by atoms with Gasteiger partial charge in [-0.25, -0.2) is 4.68 Å². The highest BCUT2D eigenvalue weighted by Crippen LogP contribution is 2.45. The van der Waals surface area contributed by atoms with E-state index in [4.69, 9.17) is 9.84 Å². The van der Waals surface area contributed by atoms with Crippen LogP contribution in [-0.4, -0.2) is 33.6 Å². The highest BCUT2D eigenvalue weighted by Gasteiger charge is 2.35. The van der Waals surface area contributed by atoms with E-state index in [1.807, 2.05) is 0 Å². The first-order chi connectivity index (χ1) is 12.8. The molecule has 0 radical (unpaired) electrons. The second-order valence-corrected chi connectivity index (χ2v) is 9.29. The highest BCUT2D eigenvalue weighted by molar-refractivity contribution is 8.00. The average Bonchev–Trinajstić information content (AvgIpc) is 2.81. The Morgan fingerprint density at radius 2 is 2.00 bits per heavy atom. The molecule has 1 saturated heterocycles. The van der Waals surface area contributed by atoms with Crippen molar-refractivity contribution in [2.75, 3.05) is 17.7 Å². The third-order valence-corrected chi connectivity index (χ3v) is 6.70. The Kier molecular flexibility index (Phi) is 4.80. The number of benzene rings is 1. The number of hydrogen-bond acceptors (Lipinski definition) is 4. The molecule has 1 aromatic heterocycles. The van der Waals surface area contributed by atoms with Crippen LogP contribution in [0.5, 0.6) is 0 Å². The maximum atomic E-state index is 12.5. The van der Waals surface area contributed by atoms with E-state index < -0.39 is 0 Å². The SMILES string of the molecule is Cc1ccc([C@@H]2SCC(=O)Nc3c2c(C)nn3[C@@H]2CCOC(C)(C)C2)cc1. The largest absolute Gasteiger partial charge is 0.375 e. The second-order valence-electron chi connectivity index (χ2n) is 8.20. The lowest BCUT2D eigenvalue weighted by molar-refractivity contribution is -0.113. The molecule has 0 aliphatic carbocycles. The van der Waals surface area contributed by atoms with Gasteiger partial charge in [-0.2, -0.15) is 5.10 Å². The number of aryl methyl sites for hydroxylation is 2. The van der Waals surface area contributed by atoms with Gasteiger partial charge in [-0.3, -0.25) is 4.79 Å². The molecule has 27 heavy (non-hydrogen) atoms. The molecule has 1 fully saturated rings. The summed E-state index contributed by atoms with van der Waals surface area (Å²) in [7, 11) is 0. The predicted octanol–water partition coefficient (Wildman–Crippen LogP) is 4.40. The Hall–Kier alpha value is -1.79. The van der Waals surface area contributed by atoms with Crippen LogP contribution in [0.4, 0.5) is 5.82 Å². The van der Waals surface area contributed by atoms with E-state index >= 15 is 0 Å². The predicted molar refractivity (Wildman–Crippen MR) is 109 cm³/mol. The lowest BCUT2D eigenvalue weighted by atomic mass is 9.94. The van der Waals surface area contributed by atoms with Gasteiger partial charge in [-0.1, -0.05) is 29.8 Å². The van der Waals surface area contributed by atoms with Gasteiger partial charge in [-0.05, 0) is 46.1 Å². The van der Waals surface area contributed by atoms with Crippen LogP contribution >= 0.6 is 11.8 Å². The first-order valence-electron chi connectivity index (χ1n) is 9.55. The van der Waals surface area contributed by atoms with Gasteiger partial charge >= 0.3 is 0 Å². The van der Waals surface area contributed by atoms with Crippen LogP contribution in [0.15, 0.2) is 24.3 Å². The number of anilines is 1. The first kappa shape index (κ1) is 18.6. The van der Waals surface area contributed by atoms with Crippen LogP contribution in [-0.2, 0) is 9.53 Å². The van der Waals surface area contributed by atoms with Gasteiger partial charge in [0.05, 0.1) is 28.3 Å². The third kappa shape index (κ3) is 3.65. The molecule has 0 unspecified atom stereocenters. The number of amides is 1. The molecule has 0 bridgehead atoms. The number of aromatic nitrogens is 2. The van der Waals surface area contributed by atoms with E-state index in [1.54, 1.807) is 11.8 Å². The van der Waals surface area contributed by atoms with Crippen molar-refractivity contribution in [3.05, 3.63) is 46.6 Å². The van der Waals surface area contributed by atoms with Crippen molar-refractivity contribution in [1.29, 1.82) is 0 Å². The number of ether oxygens (including phenoxy) is 1. The Morgan fingerprint density at radius 3 is 2.70 bits per heavy atom. The molecule has 6 heteroatoms. The van der Waals surface area contributed by atoms with Crippen LogP contribution in [0, 0.1) is 13.8 Å². The van der Waals surface area contributed by atoms with Crippen LogP contribution in [0.3, 0.4) is 0 Å². The summed E-state index contributed by atoms with van der Waals surface area (Å²) in [6, 6.07) is 8.84. The van der Waals surface area contributed by atoms with Gasteiger partial charge in [0.1, 0.15) is 5.82 Å². The van der Waals surface area contributed by atoms with Crippen molar-refractivity contribution in [2.45, 2.75) is 57.4 Å². The van der Waals surface area contributed by atoms with Gasteiger partial charge in [0.2, 0.25) is 5.91 Å². The average molecular weight is 386 g/mol. The first-order valence-corrected chi connectivity index (χ1v) is 10.6. The molecule has 2 atom stereocenters. The number of carbonyl (C=O) groups excluding carboxylic acids is 1. The fourth-order valence-electron chi connectivity index (χ4n) is 4.09. The summed E-state index contributed by atoms with van der Waals surface area (Å²) in [6.45, 7) is 9.11. The standard InChI is InChI=1S/C21H27N3O2S/c1-13-5-7-15(8-6-13)19-18-14(2)23-24(20(18)22-17(25)12-27-19)16-9-10-26-21(3,4)11-16/h5-8,16,19H,9-12H2,1-4H3,(H,22,25)/t16-,19+/m1/s1. The Bertz CT molecular complexity index is 857. The molecule has 0 spiro atoms. The maximum absolute atomic E-state index is 12.5. The smallest absolute Gasteiger partial charge is 0.235 e. The zero-order valence-corrected chi connectivity index (χ0v) is 17.2. The molecule has 3 heterocycles. The molecule has 1 aromatic carbocycles. The molecule has 2 aliphatic rings. The zero-order valence-electron chi connectivity index (χ0n) is 16.4. The van der Waals surface area contributed by atoms with Crippen molar-refractivity contribution in [1.82, 2.24) is 9.78 Å². The molecule has 144 valence electrons. The molecular formula is C21H27N3O2S. The minimum atomic E-state index is -0.171. The number of nitrogens with one attached hydrogen (secondary N) is 1. The normalized spacial score (nSPS) is 24.8. The number of hydrogen-bond donors (Lipinski definition) is 1. The van der Waals surface area contributed by atoms with Crippen molar-refractivity contribution in [3.8, 4) is 0 Å². The summed E-state index contributed by atoms with van der Waals surface area (Å²) in [5.41, 5.74) is 4.42. The van der Waals surface area contributed by atoms with Crippen molar-refractivity contribution in [3.63, 3.8) is 0 Å². The molecule has 4 rings (SSSR count). The number of nitrogens with zero attached hydrogens (tertiary/aromatic N) is 2. The minimum absolute atomic E-state index is 0.0448. The zero-order chi connectivity index (χ0) is 19.2. The van der Waals surface area contributed by atoms with Crippen molar-refractivity contribution < 1.29 is 9.53 Å². The van der Waals surface area contributed by atoms with Crippen molar-refractivity contribution in [2.24, 2.45) is 0 Å². The second kappa shape index (κ2) is 6.99. The Morgan fingerprint density at radius 1 is 1.26 bits per heavy atom. The topological polar surface area (TPSA) is 56.2 Å². The molecule has 1 N–H and O–H groups in total. The third-order valence-electron chi connectivity index (χ3n) is 5.43. The highest BCUT2D eigenvalue weighted by atomic mass is 32.2. The lowest BCUT2D eigenvalue weighted by Crippen LogP contribution is -2.36.